The summed E-state index contributed by atoms with van der Waals surface area (Å²) in [5.74, 6) is -1.86. The summed E-state index contributed by atoms with van der Waals surface area (Å²) >= 11 is 0. The molecule has 1 unspecified atom stereocenters. The van der Waals surface area contributed by atoms with Crippen LogP contribution in [0.15, 0.2) is 48.7 Å². The van der Waals surface area contributed by atoms with Crippen molar-refractivity contribution in [3.05, 3.63) is 59.8 Å². The normalized spacial score (nSPS) is 26.2. The Morgan fingerprint density at radius 2 is 1.76 bits per heavy atom. The second-order valence-corrected chi connectivity index (χ2v) is 9.92. The molecule has 2 fully saturated rings. The number of halogens is 3. The highest BCUT2D eigenvalue weighted by Crippen LogP contribution is 2.57. The minimum absolute atomic E-state index is 0.0398. The zero-order chi connectivity index (χ0) is 24.0. The van der Waals surface area contributed by atoms with Crippen LogP contribution in [0.1, 0.15) is 24.0 Å². The fourth-order valence-corrected chi connectivity index (χ4v) is 6.08. The van der Waals surface area contributed by atoms with Gasteiger partial charge in [0.25, 0.3) is 10.2 Å². The molecule has 33 heavy (non-hydrogen) atoms. The topological polar surface area (TPSA) is 103 Å². The van der Waals surface area contributed by atoms with E-state index < -0.39 is 45.3 Å². The van der Waals surface area contributed by atoms with Crippen molar-refractivity contribution in [3.8, 4) is 0 Å². The number of alkyl halides is 3. The van der Waals surface area contributed by atoms with E-state index in [0.717, 1.165) is 22.1 Å². The highest BCUT2D eigenvalue weighted by atomic mass is 32.2. The number of carboxylic acid groups (broad SMARTS) is 1. The van der Waals surface area contributed by atoms with Crippen molar-refractivity contribution >= 4 is 22.0 Å². The van der Waals surface area contributed by atoms with Gasteiger partial charge < -0.3 is 10.0 Å². The number of piperazine rings is 1. The van der Waals surface area contributed by atoms with Crippen LogP contribution in [0, 0.1) is 5.92 Å². The van der Waals surface area contributed by atoms with Gasteiger partial charge in [-0.05, 0) is 23.6 Å². The minimum Gasteiger partial charge on any atom is -0.480 e. The average Bonchev–Trinajstić information content (AvgIpc) is 3.37. The van der Waals surface area contributed by atoms with Gasteiger partial charge in [-0.1, -0.05) is 37.3 Å². The van der Waals surface area contributed by atoms with E-state index in [1.807, 2.05) is 0 Å². The second kappa shape index (κ2) is 8.26. The smallest absolute Gasteiger partial charge is 0.417 e. The first-order chi connectivity index (χ1) is 15.5. The third-order valence-electron chi connectivity index (χ3n) is 6.39. The fraction of sp³-hybridized carbons (Fsp3) is 0.429. The standard InChI is InChI=1S/C21H23F3N4O4S/c1-14-18(15-5-3-2-4-6-15)20(14,19(29)30)26-33(31,32)28-11-9-27(10-12-28)17-8-7-16(13-25-17)21(22,23)24/h2-8,13-14,18,26H,9-12H2,1H3,(H,29,30)/t14?,18-,20-/m0/s1. The maximum absolute atomic E-state index is 13.1. The molecule has 4 rings (SSSR count). The Morgan fingerprint density at radius 3 is 2.27 bits per heavy atom. The Hall–Kier alpha value is -2.70. The van der Waals surface area contributed by atoms with E-state index in [1.165, 1.54) is 6.07 Å². The predicted octanol–water partition coefficient (Wildman–Crippen LogP) is 2.31. The summed E-state index contributed by atoms with van der Waals surface area (Å²) in [6.45, 7) is 2.19. The zero-order valence-electron chi connectivity index (χ0n) is 17.7. The summed E-state index contributed by atoms with van der Waals surface area (Å²) in [5.41, 5.74) is -1.75. The summed E-state index contributed by atoms with van der Waals surface area (Å²) in [6.07, 6.45) is -3.74. The molecule has 3 atom stereocenters. The first kappa shape index (κ1) is 23.5. The first-order valence-corrected chi connectivity index (χ1v) is 11.8. The number of hydrogen-bond acceptors (Lipinski definition) is 5. The number of benzene rings is 1. The van der Waals surface area contributed by atoms with Crippen LogP contribution >= 0.6 is 0 Å². The molecule has 12 heteroatoms. The number of hydrogen-bond donors (Lipinski definition) is 2. The summed E-state index contributed by atoms with van der Waals surface area (Å²) in [5, 5.41) is 9.90. The van der Waals surface area contributed by atoms with Gasteiger partial charge in [0.2, 0.25) is 0 Å². The minimum atomic E-state index is -4.48. The average molecular weight is 485 g/mol. The summed E-state index contributed by atoms with van der Waals surface area (Å²) in [4.78, 5) is 17.7. The number of nitrogens with zero attached hydrogens (tertiary/aromatic N) is 3. The molecule has 1 aliphatic heterocycles. The van der Waals surface area contributed by atoms with Crippen molar-refractivity contribution in [1.29, 1.82) is 0 Å². The summed E-state index contributed by atoms with van der Waals surface area (Å²) < 4.78 is 67.9. The molecule has 1 saturated heterocycles. The predicted molar refractivity (Wildman–Crippen MR) is 114 cm³/mol. The van der Waals surface area contributed by atoms with E-state index >= 15 is 0 Å². The highest BCUT2D eigenvalue weighted by molar-refractivity contribution is 7.87. The first-order valence-electron chi connectivity index (χ1n) is 10.3. The molecule has 1 aromatic heterocycles. The Kier molecular flexibility index (Phi) is 5.87. The Morgan fingerprint density at radius 1 is 1.12 bits per heavy atom. The molecule has 0 spiro atoms. The van der Waals surface area contributed by atoms with Gasteiger partial charge in [-0.15, -0.1) is 0 Å². The quantitative estimate of drug-likeness (QED) is 0.653. The fourth-order valence-electron chi connectivity index (χ4n) is 4.48. The molecule has 0 radical (unpaired) electrons. The summed E-state index contributed by atoms with van der Waals surface area (Å²) in [6, 6.07) is 11.1. The van der Waals surface area contributed by atoms with E-state index in [0.29, 0.717) is 5.82 Å². The van der Waals surface area contributed by atoms with Gasteiger partial charge >= 0.3 is 12.1 Å². The summed E-state index contributed by atoms with van der Waals surface area (Å²) in [7, 11) is -4.12. The number of nitrogens with one attached hydrogen (secondary N) is 1. The highest BCUT2D eigenvalue weighted by Gasteiger charge is 2.70. The van der Waals surface area contributed by atoms with Crippen LogP contribution in [0.5, 0.6) is 0 Å². The van der Waals surface area contributed by atoms with E-state index in [-0.39, 0.29) is 26.2 Å². The molecular formula is C21H23F3N4O4S. The number of anilines is 1. The van der Waals surface area contributed by atoms with Crippen LogP contribution in [-0.4, -0.2) is 60.5 Å². The lowest BCUT2D eigenvalue weighted by Gasteiger charge is -2.35. The number of carboxylic acids is 1. The van der Waals surface area contributed by atoms with Gasteiger partial charge in [0.15, 0.2) is 0 Å². The zero-order valence-corrected chi connectivity index (χ0v) is 18.5. The Bertz CT molecular complexity index is 1120. The third kappa shape index (κ3) is 4.30. The molecule has 2 N–H and O–H groups in total. The van der Waals surface area contributed by atoms with Crippen molar-refractivity contribution in [3.63, 3.8) is 0 Å². The largest absolute Gasteiger partial charge is 0.480 e. The van der Waals surface area contributed by atoms with Gasteiger partial charge in [-0.25, -0.2) is 4.98 Å². The molecule has 178 valence electrons. The van der Waals surface area contributed by atoms with Crippen molar-refractivity contribution < 1.29 is 31.5 Å². The second-order valence-electron chi connectivity index (χ2n) is 8.25. The third-order valence-corrected chi connectivity index (χ3v) is 8.03. The van der Waals surface area contributed by atoms with Gasteiger partial charge in [-0.3, -0.25) is 4.79 Å². The lowest BCUT2D eigenvalue weighted by Crippen LogP contribution is -2.56. The maximum Gasteiger partial charge on any atom is 0.417 e. The van der Waals surface area contributed by atoms with Crippen molar-refractivity contribution in [2.45, 2.75) is 24.6 Å². The number of pyridine rings is 1. The van der Waals surface area contributed by atoms with Crippen LogP contribution in [0.3, 0.4) is 0 Å². The van der Waals surface area contributed by atoms with Gasteiger partial charge in [0.1, 0.15) is 11.4 Å². The molecule has 0 amide bonds. The molecule has 0 bridgehead atoms. The van der Waals surface area contributed by atoms with E-state index in [4.69, 9.17) is 0 Å². The Balaban J connectivity index is 1.44. The van der Waals surface area contributed by atoms with E-state index in [2.05, 4.69) is 9.71 Å². The van der Waals surface area contributed by atoms with E-state index in [1.54, 1.807) is 42.2 Å². The lowest BCUT2D eigenvalue weighted by molar-refractivity contribution is -0.141. The SMILES string of the molecule is CC1[C@@H](c2ccccc2)[C@]1(NS(=O)(=O)N1CCN(c2ccc(C(F)(F)F)cn2)CC1)C(=O)O. The van der Waals surface area contributed by atoms with Crippen LogP contribution in [0.4, 0.5) is 19.0 Å². The van der Waals surface area contributed by atoms with Gasteiger partial charge in [-0.2, -0.15) is 30.6 Å². The van der Waals surface area contributed by atoms with Crippen LogP contribution in [0.25, 0.3) is 0 Å². The molecule has 2 aliphatic rings. The van der Waals surface area contributed by atoms with Gasteiger partial charge in [0.05, 0.1) is 5.56 Å². The maximum atomic E-state index is 13.1. The molecule has 1 aliphatic carbocycles. The van der Waals surface area contributed by atoms with Crippen molar-refractivity contribution in [1.82, 2.24) is 14.0 Å². The molecule has 2 aromatic rings. The molecule has 1 aromatic carbocycles. The number of aliphatic carboxylic acids is 1. The number of carbonyl (C=O) groups is 1. The lowest BCUT2D eigenvalue weighted by atomic mass is 10.1. The monoisotopic (exact) mass is 484 g/mol. The molecule has 1 saturated carbocycles. The van der Waals surface area contributed by atoms with Crippen LogP contribution < -0.4 is 9.62 Å². The van der Waals surface area contributed by atoms with Crippen molar-refractivity contribution in [2.75, 3.05) is 31.1 Å². The van der Waals surface area contributed by atoms with Crippen molar-refractivity contribution in [2.24, 2.45) is 5.92 Å². The Labute approximate surface area is 189 Å². The molecule has 8 nitrogen and oxygen atoms in total. The van der Waals surface area contributed by atoms with Gasteiger partial charge in [0, 0.05) is 38.3 Å². The molecule has 2 heterocycles. The van der Waals surface area contributed by atoms with Crippen LogP contribution in [0.2, 0.25) is 0 Å². The van der Waals surface area contributed by atoms with E-state index in [9.17, 15) is 31.5 Å². The molecular weight excluding hydrogens is 461 g/mol. The number of aromatic nitrogens is 1. The van der Waals surface area contributed by atoms with Crippen LogP contribution in [-0.2, 0) is 21.2 Å². The number of rotatable bonds is 6.